The predicted molar refractivity (Wildman–Crippen MR) is 110 cm³/mol. The van der Waals surface area contributed by atoms with Gasteiger partial charge in [-0.15, -0.1) is 24.8 Å². The molecule has 5 nitrogen and oxygen atoms in total. The van der Waals surface area contributed by atoms with Crippen LogP contribution in [0.3, 0.4) is 0 Å². The summed E-state index contributed by atoms with van der Waals surface area (Å²) in [6, 6.07) is 16.3. The first kappa shape index (κ1) is 22.0. The number of carbonyl (C=O) groups is 1. The Hall–Kier alpha value is -2.08. The van der Waals surface area contributed by atoms with Crippen molar-refractivity contribution in [1.29, 1.82) is 0 Å². The van der Waals surface area contributed by atoms with Crippen LogP contribution in [-0.2, 0) is 17.9 Å². The molecule has 1 aromatic heterocycles. The minimum atomic E-state index is -0.162. The van der Waals surface area contributed by atoms with Gasteiger partial charge in [0.25, 0.3) is 0 Å². The Morgan fingerprint density at radius 3 is 2.65 bits per heavy atom. The Morgan fingerprint density at radius 1 is 1.15 bits per heavy atom. The van der Waals surface area contributed by atoms with E-state index in [0.717, 1.165) is 23.1 Å². The molecule has 26 heavy (non-hydrogen) atoms. The number of nitrogens with two attached hydrogens (primary N) is 1. The minimum Gasteiger partial charge on any atom is -0.352 e. The summed E-state index contributed by atoms with van der Waals surface area (Å²) < 4.78 is 2.13. The minimum absolute atomic E-state index is 0. The molecule has 1 unspecified atom stereocenters. The lowest BCUT2D eigenvalue weighted by atomic mass is 10.1. The summed E-state index contributed by atoms with van der Waals surface area (Å²) in [4.78, 5) is 16.3. The van der Waals surface area contributed by atoms with Gasteiger partial charge in [-0.1, -0.05) is 43.3 Å². The molecular formula is C19H24Cl2N4O. The van der Waals surface area contributed by atoms with Gasteiger partial charge in [0.05, 0.1) is 17.4 Å². The van der Waals surface area contributed by atoms with Crippen LogP contribution in [0.15, 0.2) is 54.9 Å². The number of nitrogens with zero attached hydrogens (tertiary/aromatic N) is 2. The topological polar surface area (TPSA) is 72.9 Å². The number of hydrogen-bond acceptors (Lipinski definition) is 3. The molecule has 1 amide bonds. The fourth-order valence-electron chi connectivity index (χ4n) is 2.64. The van der Waals surface area contributed by atoms with Gasteiger partial charge in [0.1, 0.15) is 0 Å². The van der Waals surface area contributed by atoms with Gasteiger partial charge in [-0.05, 0) is 23.3 Å². The van der Waals surface area contributed by atoms with E-state index < -0.39 is 0 Å². The van der Waals surface area contributed by atoms with Crippen LogP contribution < -0.4 is 11.1 Å². The first-order valence-corrected chi connectivity index (χ1v) is 8.13. The molecule has 2 aromatic carbocycles. The Labute approximate surface area is 165 Å². The van der Waals surface area contributed by atoms with Crippen molar-refractivity contribution in [2.24, 2.45) is 11.7 Å². The van der Waals surface area contributed by atoms with Crippen LogP contribution in [0.4, 0.5) is 0 Å². The second kappa shape index (κ2) is 10.2. The second-order valence-electron chi connectivity index (χ2n) is 6.04. The Morgan fingerprint density at radius 2 is 1.88 bits per heavy atom. The smallest absolute Gasteiger partial charge is 0.224 e. The van der Waals surface area contributed by atoms with Crippen molar-refractivity contribution in [3.05, 3.63) is 66.0 Å². The van der Waals surface area contributed by atoms with Crippen LogP contribution in [0.1, 0.15) is 18.1 Å². The summed E-state index contributed by atoms with van der Waals surface area (Å²) >= 11 is 0. The van der Waals surface area contributed by atoms with E-state index in [2.05, 4.69) is 33.1 Å². The Kier molecular flexibility index (Phi) is 8.58. The number of halogens is 2. The van der Waals surface area contributed by atoms with Crippen molar-refractivity contribution in [3.63, 3.8) is 0 Å². The lowest BCUT2D eigenvalue weighted by molar-refractivity contribution is -0.124. The average molecular weight is 395 g/mol. The molecule has 0 radical (unpaired) electrons. The SMILES string of the molecule is CC(CN)C(=O)NCc1cccc(Cn2cnc3ccccc32)c1.Cl.Cl. The van der Waals surface area contributed by atoms with Gasteiger partial charge in [-0.2, -0.15) is 0 Å². The van der Waals surface area contributed by atoms with Gasteiger partial charge in [-0.3, -0.25) is 4.79 Å². The molecule has 3 N–H and O–H groups in total. The quantitative estimate of drug-likeness (QED) is 0.674. The number of rotatable bonds is 6. The Balaban J connectivity index is 0.00000169. The van der Waals surface area contributed by atoms with E-state index in [9.17, 15) is 4.79 Å². The van der Waals surface area contributed by atoms with Crippen LogP contribution in [0.25, 0.3) is 11.0 Å². The monoisotopic (exact) mass is 394 g/mol. The third-order valence-electron chi connectivity index (χ3n) is 4.14. The maximum atomic E-state index is 11.8. The van der Waals surface area contributed by atoms with Crippen LogP contribution in [-0.4, -0.2) is 22.0 Å². The van der Waals surface area contributed by atoms with E-state index in [1.165, 1.54) is 5.56 Å². The molecule has 0 fully saturated rings. The predicted octanol–water partition coefficient (Wildman–Crippen LogP) is 3.14. The summed E-state index contributed by atoms with van der Waals surface area (Å²) in [7, 11) is 0. The maximum absolute atomic E-state index is 11.8. The van der Waals surface area contributed by atoms with Crippen LogP contribution >= 0.6 is 24.8 Å². The molecule has 0 spiro atoms. The molecule has 0 aliphatic heterocycles. The van der Waals surface area contributed by atoms with Gasteiger partial charge in [0.2, 0.25) is 5.91 Å². The van der Waals surface area contributed by atoms with Crippen molar-refractivity contribution >= 4 is 41.8 Å². The molecule has 1 heterocycles. The van der Waals surface area contributed by atoms with Crippen molar-refractivity contribution in [1.82, 2.24) is 14.9 Å². The molecule has 140 valence electrons. The zero-order valence-corrected chi connectivity index (χ0v) is 16.2. The van der Waals surface area contributed by atoms with Gasteiger partial charge >= 0.3 is 0 Å². The fourth-order valence-corrected chi connectivity index (χ4v) is 2.64. The van der Waals surface area contributed by atoms with Gasteiger partial charge in [0, 0.05) is 25.6 Å². The summed E-state index contributed by atoms with van der Waals surface area (Å²) in [6.07, 6.45) is 1.86. The Bertz CT molecular complexity index is 850. The van der Waals surface area contributed by atoms with Crippen molar-refractivity contribution in [2.75, 3.05) is 6.54 Å². The summed E-state index contributed by atoms with van der Waals surface area (Å²) in [5.41, 5.74) is 9.89. The van der Waals surface area contributed by atoms with Crippen molar-refractivity contribution < 1.29 is 4.79 Å². The van der Waals surface area contributed by atoms with Gasteiger partial charge in [0.15, 0.2) is 0 Å². The molecule has 3 aromatic rings. The molecule has 0 aliphatic carbocycles. The maximum Gasteiger partial charge on any atom is 0.224 e. The van der Waals surface area contributed by atoms with Gasteiger partial charge in [-0.25, -0.2) is 4.98 Å². The number of benzene rings is 2. The van der Waals surface area contributed by atoms with E-state index in [0.29, 0.717) is 13.1 Å². The molecule has 7 heteroatoms. The number of para-hydroxylation sites is 2. The fraction of sp³-hybridized carbons (Fsp3) is 0.263. The van der Waals surface area contributed by atoms with Crippen LogP contribution in [0.5, 0.6) is 0 Å². The number of hydrogen-bond donors (Lipinski definition) is 2. The van der Waals surface area contributed by atoms with E-state index in [1.807, 2.05) is 43.6 Å². The van der Waals surface area contributed by atoms with E-state index >= 15 is 0 Å². The lowest BCUT2D eigenvalue weighted by Gasteiger charge is -2.11. The highest BCUT2D eigenvalue weighted by Gasteiger charge is 2.10. The third kappa shape index (κ3) is 5.21. The first-order valence-electron chi connectivity index (χ1n) is 8.13. The summed E-state index contributed by atoms with van der Waals surface area (Å²) in [5, 5.41) is 2.93. The molecule has 0 bridgehead atoms. The second-order valence-corrected chi connectivity index (χ2v) is 6.04. The van der Waals surface area contributed by atoms with Gasteiger partial charge < -0.3 is 15.6 Å². The molecule has 0 saturated heterocycles. The number of nitrogens with one attached hydrogen (secondary N) is 1. The third-order valence-corrected chi connectivity index (χ3v) is 4.14. The lowest BCUT2D eigenvalue weighted by Crippen LogP contribution is -2.32. The normalized spacial score (nSPS) is 11.3. The van der Waals surface area contributed by atoms with Crippen LogP contribution in [0, 0.1) is 5.92 Å². The number of fused-ring (bicyclic) bond motifs is 1. The zero-order valence-electron chi connectivity index (χ0n) is 14.6. The standard InChI is InChI=1S/C19H22N4O.2ClH/c1-14(10-20)19(24)21-11-15-5-4-6-16(9-15)12-23-13-22-17-7-2-3-8-18(17)23;;/h2-9,13-14H,10-12,20H2,1H3,(H,21,24);2*1H. The molecule has 0 aliphatic rings. The largest absolute Gasteiger partial charge is 0.352 e. The first-order chi connectivity index (χ1) is 11.7. The zero-order chi connectivity index (χ0) is 16.9. The highest BCUT2D eigenvalue weighted by Crippen LogP contribution is 2.15. The molecule has 0 saturated carbocycles. The number of amides is 1. The molecular weight excluding hydrogens is 371 g/mol. The summed E-state index contributed by atoms with van der Waals surface area (Å²) in [5.74, 6) is -0.172. The molecule has 3 rings (SSSR count). The highest BCUT2D eigenvalue weighted by atomic mass is 35.5. The molecule has 1 atom stereocenters. The number of carbonyl (C=O) groups excluding carboxylic acids is 1. The highest BCUT2D eigenvalue weighted by molar-refractivity contribution is 5.85. The van der Waals surface area contributed by atoms with Crippen molar-refractivity contribution in [2.45, 2.75) is 20.0 Å². The van der Waals surface area contributed by atoms with Crippen LogP contribution in [0.2, 0.25) is 0 Å². The number of imidazole rings is 1. The van der Waals surface area contributed by atoms with E-state index in [4.69, 9.17) is 5.73 Å². The van der Waals surface area contributed by atoms with E-state index in [-0.39, 0.29) is 36.6 Å². The summed E-state index contributed by atoms with van der Waals surface area (Å²) in [6.45, 7) is 3.46. The average Bonchev–Trinajstić information content (AvgIpc) is 3.02. The van der Waals surface area contributed by atoms with Crippen molar-refractivity contribution in [3.8, 4) is 0 Å². The number of aromatic nitrogens is 2. The van der Waals surface area contributed by atoms with E-state index in [1.54, 1.807) is 0 Å².